The Morgan fingerprint density at radius 3 is 2.50 bits per heavy atom. The first-order chi connectivity index (χ1) is 15.4. The Balaban J connectivity index is 1.35. The molecule has 32 heavy (non-hydrogen) atoms. The third kappa shape index (κ3) is 4.68. The van der Waals surface area contributed by atoms with E-state index >= 15 is 0 Å². The van der Waals surface area contributed by atoms with Crippen LogP contribution in [0.25, 0.3) is 15.5 Å². The van der Waals surface area contributed by atoms with Gasteiger partial charge in [0.2, 0.25) is 4.96 Å². The SMILES string of the molecule is COc1c(Cl)cc(C(=O)NC(=S)NCc2ccc(-c3nn4c(C)nnc4s3)cc2)cc1Cl. The first-order valence-electron chi connectivity index (χ1n) is 9.26. The molecule has 1 amide bonds. The van der Waals surface area contributed by atoms with Crippen molar-refractivity contribution in [3.63, 3.8) is 0 Å². The average molecular weight is 507 g/mol. The smallest absolute Gasteiger partial charge is 0.257 e. The van der Waals surface area contributed by atoms with Gasteiger partial charge in [0.1, 0.15) is 5.01 Å². The molecule has 12 heteroatoms. The fourth-order valence-electron chi connectivity index (χ4n) is 2.88. The maximum Gasteiger partial charge on any atom is 0.257 e. The van der Waals surface area contributed by atoms with E-state index in [9.17, 15) is 4.79 Å². The van der Waals surface area contributed by atoms with Gasteiger partial charge in [-0.15, -0.1) is 10.2 Å². The maximum atomic E-state index is 12.4. The molecule has 0 saturated carbocycles. The van der Waals surface area contributed by atoms with Gasteiger partial charge >= 0.3 is 0 Å². The number of amides is 1. The van der Waals surface area contributed by atoms with Gasteiger partial charge in [-0.05, 0) is 36.8 Å². The number of fused-ring (bicyclic) bond motifs is 1. The van der Waals surface area contributed by atoms with Crippen LogP contribution in [0.4, 0.5) is 0 Å². The van der Waals surface area contributed by atoms with Gasteiger partial charge in [-0.25, -0.2) is 0 Å². The number of carbonyl (C=O) groups is 1. The molecule has 0 fully saturated rings. The van der Waals surface area contributed by atoms with Crippen LogP contribution in [-0.2, 0) is 6.54 Å². The van der Waals surface area contributed by atoms with E-state index in [2.05, 4.69) is 25.9 Å². The molecule has 2 heterocycles. The van der Waals surface area contributed by atoms with Crippen molar-refractivity contribution < 1.29 is 9.53 Å². The van der Waals surface area contributed by atoms with Crippen molar-refractivity contribution >= 4 is 62.7 Å². The van der Waals surface area contributed by atoms with Crippen molar-refractivity contribution in [1.29, 1.82) is 0 Å². The Kier molecular flexibility index (Phi) is 6.56. The second-order valence-electron chi connectivity index (χ2n) is 6.66. The number of methoxy groups -OCH3 is 1. The minimum Gasteiger partial charge on any atom is -0.494 e. The molecule has 0 unspecified atom stereocenters. The van der Waals surface area contributed by atoms with E-state index in [1.165, 1.54) is 30.6 Å². The number of benzene rings is 2. The Labute approximate surface area is 202 Å². The topological polar surface area (TPSA) is 93.4 Å². The predicted octanol–water partition coefficient (Wildman–Crippen LogP) is 4.28. The molecular formula is C20H16Cl2N6O2S2. The van der Waals surface area contributed by atoms with Gasteiger partial charge in [0.15, 0.2) is 16.7 Å². The molecular weight excluding hydrogens is 491 g/mol. The third-order valence-electron chi connectivity index (χ3n) is 4.49. The number of halogens is 2. The predicted molar refractivity (Wildman–Crippen MR) is 129 cm³/mol. The zero-order valence-electron chi connectivity index (χ0n) is 16.8. The van der Waals surface area contributed by atoms with Crippen molar-refractivity contribution in [2.24, 2.45) is 0 Å². The Bertz CT molecular complexity index is 1300. The molecule has 2 aromatic heterocycles. The maximum absolute atomic E-state index is 12.4. The summed E-state index contributed by atoms with van der Waals surface area (Å²) in [5, 5.41) is 19.8. The highest BCUT2D eigenvalue weighted by molar-refractivity contribution is 7.80. The summed E-state index contributed by atoms with van der Waals surface area (Å²) in [5.41, 5.74) is 2.24. The number of nitrogens with one attached hydrogen (secondary N) is 2. The zero-order chi connectivity index (χ0) is 22.8. The van der Waals surface area contributed by atoms with Crippen LogP contribution in [0, 0.1) is 6.92 Å². The summed E-state index contributed by atoms with van der Waals surface area (Å²) in [4.78, 5) is 13.2. The monoisotopic (exact) mass is 506 g/mol. The van der Waals surface area contributed by atoms with Crippen molar-refractivity contribution in [3.05, 3.63) is 63.4 Å². The lowest BCUT2D eigenvalue weighted by molar-refractivity contribution is 0.0976. The largest absolute Gasteiger partial charge is 0.494 e. The van der Waals surface area contributed by atoms with E-state index in [1.807, 2.05) is 31.2 Å². The fourth-order valence-corrected chi connectivity index (χ4v) is 4.58. The summed E-state index contributed by atoms with van der Waals surface area (Å²) in [5.74, 6) is 0.633. The molecule has 164 valence electrons. The van der Waals surface area contributed by atoms with E-state index < -0.39 is 5.91 Å². The summed E-state index contributed by atoms with van der Waals surface area (Å²) >= 11 is 18.9. The minimum atomic E-state index is -0.428. The number of carbonyl (C=O) groups excluding carboxylic acids is 1. The lowest BCUT2D eigenvalue weighted by Crippen LogP contribution is -2.38. The molecule has 0 spiro atoms. The van der Waals surface area contributed by atoms with E-state index in [0.717, 1.165) is 26.9 Å². The Morgan fingerprint density at radius 2 is 1.88 bits per heavy atom. The summed E-state index contributed by atoms with van der Waals surface area (Å²) in [6.07, 6.45) is 0. The van der Waals surface area contributed by atoms with Gasteiger partial charge in [0, 0.05) is 17.7 Å². The van der Waals surface area contributed by atoms with E-state index in [4.69, 9.17) is 40.2 Å². The van der Waals surface area contributed by atoms with Crippen LogP contribution < -0.4 is 15.4 Å². The van der Waals surface area contributed by atoms with Crippen LogP contribution in [0.1, 0.15) is 21.7 Å². The van der Waals surface area contributed by atoms with Crippen molar-refractivity contribution in [2.45, 2.75) is 13.5 Å². The average Bonchev–Trinajstić information content (AvgIpc) is 3.34. The molecule has 8 nitrogen and oxygen atoms in total. The van der Waals surface area contributed by atoms with E-state index in [0.29, 0.717) is 12.3 Å². The number of rotatable bonds is 5. The zero-order valence-corrected chi connectivity index (χ0v) is 20.0. The number of hydrogen-bond acceptors (Lipinski definition) is 7. The van der Waals surface area contributed by atoms with Crippen LogP contribution in [0.5, 0.6) is 5.75 Å². The van der Waals surface area contributed by atoms with Crippen molar-refractivity contribution in [1.82, 2.24) is 30.4 Å². The van der Waals surface area contributed by atoms with Gasteiger partial charge in [-0.3, -0.25) is 10.1 Å². The standard InChI is InChI=1S/C20H16Cl2N6O2S2/c1-10-25-26-20-28(10)27-18(32-20)12-5-3-11(4-6-12)9-23-19(31)24-17(29)13-7-14(21)16(30-2)15(22)8-13/h3-8H,9H2,1-2H3,(H2,23,24,29,31). The summed E-state index contributed by atoms with van der Waals surface area (Å²) < 4.78 is 6.81. The van der Waals surface area contributed by atoms with Crippen molar-refractivity contribution in [2.75, 3.05) is 7.11 Å². The van der Waals surface area contributed by atoms with E-state index in [1.54, 1.807) is 4.52 Å². The van der Waals surface area contributed by atoms with Crippen LogP contribution in [0.2, 0.25) is 10.0 Å². The first-order valence-corrected chi connectivity index (χ1v) is 11.2. The lowest BCUT2D eigenvalue weighted by Gasteiger charge is -2.11. The molecule has 2 N–H and O–H groups in total. The molecule has 0 saturated heterocycles. The second-order valence-corrected chi connectivity index (χ2v) is 8.83. The van der Waals surface area contributed by atoms with Gasteiger partial charge in [0.25, 0.3) is 5.91 Å². The normalized spacial score (nSPS) is 10.9. The van der Waals surface area contributed by atoms with Crippen LogP contribution in [-0.4, -0.2) is 37.9 Å². The Morgan fingerprint density at radius 1 is 1.19 bits per heavy atom. The molecule has 2 aromatic carbocycles. The highest BCUT2D eigenvalue weighted by atomic mass is 35.5. The lowest BCUT2D eigenvalue weighted by atomic mass is 10.1. The van der Waals surface area contributed by atoms with Crippen molar-refractivity contribution in [3.8, 4) is 16.3 Å². The second kappa shape index (κ2) is 9.37. The Hall–Kier alpha value is -2.79. The van der Waals surface area contributed by atoms with Gasteiger partial charge < -0.3 is 10.1 Å². The van der Waals surface area contributed by atoms with Gasteiger partial charge in [-0.2, -0.15) is 9.61 Å². The number of nitrogens with zero attached hydrogens (tertiary/aromatic N) is 4. The molecule has 0 radical (unpaired) electrons. The molecule has 0 atom stereocenters. The summed E-state index contributed by atoms with van der Waals surface area (Å²) in [6, 6.07) is 10.8. The number of aromatic nitrogens is 4. The number of ether oxygens (including phenoxy) is 1. The highest BCUT2D eigenvalue weighted by Gasteiger charge is 2.15. The summed E-state index contributed by atoms with van der Waals surface area (Å²) in [7, 11) is 1.45. The van der Waals surface area contributed by atoms with Crippen LogP contribution in [0.15, 0.2) is 36.4 Å². The fraction of sp³-hybridized carbons (Fsp3) is 0.150. The molecule has 0 bridgehead atoms. The third-order valence-corrected chi connectivity index (χ3v) is 6.25. The van der Waals surface area contributed by atoms with Gasteiger partial charge in [0.05, 0.1) is 17.2 Å². The molecule has 0 aliphatic heterocycles. The van der Waals surface area contributed by atoms with E-state index in [-0.39, 0.29) is 20.7 Å². The summed E-state index contributed by atoms with van der Waals surface area (Å²) in [6.45, 7) is 2.30. The highest BCUT2D eigenvalue weighted by Crippen LogP contribution is 2.33. The number of hydrogen-bond donors (Lipinski definition) is 2. The quantitative estimate of drug-likeness (QED) is 0.390. The minimum absolute atomic E-state index is 0.186. The molecule has 4 rings (SSSR count). The molecule has 4 aromatic rings. The van der Waals surface area contributed by atoms with Crippen LogP contribution in [0.3, 0.4) is 0 Å². The van der Waals surface area contributed by atoms with Crippen LogP contribution >= 0.6 is 46.8 Å². The molecule has 0 aliphatic carbocycles. The molecule has 0 aliphatic rings. The number of aryl methyl sites for hydroxylation is 1. The number of thiocarbonyl (C=S) groups is 1. The van der Waals surface area contributed by atoms with Gasteiger partial charge in [-0.1, -0.05) is 58.8 Å². The first kappa shape index (κ1) is 22.4.